The predicted molar refractivity (Wildman–Crippen MR) is 88.3 cm³/mol. The van der Waals surface area contributed by atoms with Crippen LogP contribution in [-0.2, 0) is 6.42 Å². The topological polar surface area (TPSA) is 43.8 Å². The normalized spacial score (nSPS) is 12.3. The Kier molecular flexibility index (Phi) is 4.18. The van der Waals surface area contributed by atoms with E-state index in [0.717, 1.165) is 22.3 Å². The molecule has 1 atom stereocenters. The van der Waals surface area contributed by atoms with Crippen LogP contribution in [0.15, 0.2) is 71.3 Å². The minimum atomic E-state index is -0.0890. The number of aromatic nitrogens is 2. The maximum absolute atomic E-state index is 6.38. The van der Waals surface area contributed by atoms with E-state index in [9.17, 15) is 0 Å². The summed E-state index contributed by atoms with van der Waals surface area (Å²) in [6.45, 7) is 0. The zero-order chi connectivity index (χ0) is 14.7. The van der Waals surface area contributed by atoms with Crippen molar-refractivity contribution in [3.05, 3.63) is 82.6 Å². The highest BCUT2D eigenvalue weighted by Crippen LogP contribution is 2.20. The van der Waals surface area contributed by atoms with Gasteiger partial charge >= 0.3 is 0 Å². The lowest BCUT2D eigenvalue weighted by Gasteiger charge is -2.14. The van der Waals surface area contributed by atoms with E-state index in [4.69, 9.17) is 5.73 Å². The van der Waals surface area contributed by atoms with Gasteiger partial charge in [0.1, 0.15) is 0 Å². The number of nitrogens with zero attached hydrogens (tertiary/aromatic N) is 2. The van der Waals surface area contributed by atoms with Crippen molar-refractivity contribution in [3.63, 3.8) is 0 Å². The third-order valence-electron chi connectivity index (χ3n) is 3.42. The fourth-order valence-corrected chi connectivity index (χ4v) is 2.62. The van der Waals surface area contributed by atoms with E-state index in [1.807, 2.05) is 53.2 Å². The fourth-order valence-electron chi connectivity index (χ4n) is 2.36. The van der Waals surface area contributed by atoms with Gasteiger partial charge in [-0.3, -0.25) is 0 Å². The average Bonchev–Trinajstić information content (AvgIpc) is 3.00. The second-order valence-electron chi connectivity index (χ2n) is 4.94. The minimum Gasteiger partial charge on any atom is -0.322 e. The molecule has 0 aliphatic heterocycles. The van der Waals surface area contributed by atoms with Gasteiger partial charge in [0, 0.05) is 10.7 Å². The van der Waals surface area contributed by atoms with Gasteiger partial charge in [-0.25, -0.2) is 4.68 Å². The highest BCUT2D eigenvalue weighted by molar-refractivity contribution is 9.10. The molecule has 1 unspecified atom stereocenters. The van der Waals surface area contributed by atoms with Gasteiger partial charge in [-0.1, -0.05) is 46.3 Å². The van der Waals surface area contributed by atoms with Crippen molar-refractivity contribution in [1.82, 2.24) is 9.78 Å². The Morgan fingerprint density at radius 1 is 1.00 bits per heavy atom. The number of hydrogen-bond acceptors (Lipinski definition) is 2. The van der Waals surface area contributed by atoms with Gasteiger partial charge in [0.15, 0.2) is 0 Å². The molecule has 0 bridgehead atoms. The number of rotatable bonds is 4. The lowest BCUT2D eigenvalue weighted by atomic mass is 10.0. The molecule has 1 heterocycles. The van der Waals surface area contributed by atoms with E-state index in [0.29, 0.717) is 0 Å². The number of hydrogen-bond donors (Lipinski definition) is 1. The lowest BCUT2D eigenvalue weighted by Crippen LogP contribution is -2.17. The van der Waals surface area contributed by atoms with Crippen molar-refractivity contribution in [2.75, 3.05) is 0 Å². The Morgan fingerprint density at radius 2 is 1.71 bits per heavy atom. The Bertz CT molecular complexity index is 704. The highest BCUT2D eigenvalue weighted by Gasteiger charge is 2.13. The number of benzene rings is 2. The van der Waals surface area contributed by atoms with Crippen molar-refractivity contribution < 1.29 is 0 Å². The van der Waals surface area contributed by atoms with Crippen LogP contribution in [0.3, 0.4) is 0 Å². The summed E-state index contributed by atoms with van der Waals surface area (Å²) >= 11 is 3.45. The van der Waals surface area contributed by atoms with Crippen molar-refractivity contribution in [3.8, 4) is 5.69 Å². The van der Waals surface area contributed by atoms with Crippen molar-refractivity contribution in [2.45, 2.75) is 12.5 Å². The SMILES string of the molecule is NC(Cc1ccc(Br)cc1)c1ccnn1-c1ccccc1. The molecule has 21 heavy (non-hydrogen) atoms. The zero-order valence-electron chi connectivity index (χ0n) is 11.5. The Labute approximate surface area is 132 Å². The molecule has 0 aliphatic carbocycles. The van der Waals surface area contributed by atoms with Gasteiger partial charge in [0.05, 0.1) is 17.4 Å². The molecule has 0 fully saturated rings. The maximum Gasteiger partial charge on any atom is 0.0649 e. The van der Waals surface area contributed by atoms with Crippen LogP contribution in [0.1, 0.15) is 17.3 Å². The van der Waals surface area contributed by atoms with Crippen LogP contribution in [0.4, 0.5) is 0 Å². The van der Waals surface area contributed by atoms with E-state index in [1.54, 1.807) is 6.20 Å². The molecule has 0 saturated carbocycles. The second kappa shape index (κ2) is 6.24. The van der Waals surface area contributed by atoms with E-state index >= 15 is 0 Å². The Hall–Kier alpha value is -1.91. The zero-order valence-corrected chi connectivity index (χ0v) is 13.1. The number of nitrogens with two attached hydrogens (primary N) is 1. The molecular weight excluding hydrogens is 326 g/mol. The Balaban J connectivity index is 1.84. The third-order valence-corrected chi connectivity index (χ3v) is 3.95. The summed E-state index contributed by atoms with van der Waals surface area (Å²) in [5.41, 5.74) is 9.64. The van der Waals surface area contributed by atoms with E-state index in [2.05, 4.69) is 33.2 Å². The van der Waals surface area contributed by atoms with Crippen LogP contribution in [0, 0.1) is 0 Å². The van der Waals surface area contributed by atoms with Crippen LogP contribution < -0.4 is 5.73 Å². The molecule has 4 heteroatoms. The van der Waals surface area contributed by atoms with Gasteiger partial charge in [-0.15, -0.1) is 0 Å². The average molecular weight is 342 g/mol. The van der Waals surface area contributed by atoms with Crippen molar-refractivity contribution >= 4 is 15.9 Å². The molecule has 1 aromatic heterocycles. The summed E-state index contributed by atoms with van der Waals surface area (Å²) in [5, 5.41) is 4.39. The first kappa shape index (κ1) is 14.0. The van der Waals surface area contributed by atoms with E-state index in [-0.39, 0.29) is 6.04 Å². The first-order valence-corrected chi connectivity index (χ1v) is 7.63. The predicted octanol–water partition coefficient (Wildman–Crippen LogP) is 3.88. The first-order chi connectivity index (χ1) is 10.2. The smallest absolute Gasteiger partial charge is 0.0649 e. The quantitative estimate of drug-likeness (QED) is 0.782. The molecule has 0 aliphatic rings. The summed E-state index contributed by atoms with van der Waals surface area (Å²) in [5.74, 6) is 0. The first-order valence-electron chi connectivity index (χ1n) is 6.83. The fraction of sp³-hybridized carbons (Fsp3) is 0.118. The lowest BCUT2D eigenvalue weighted by molar-refractivity contribution is 0.654. The summed E-state index contributed by atoms with van der Waals surface area (Å²) in [6.07, 6.45) is 2.58. The summed E-state index contributed by atoms with van der Waals surface area (Å²) < 4.78 is 2.98. The van der Waals surface area contributed by atoms with Gasteiger partial charge in [0.25, 0.3) is 0 Å². The summed E-state index contributed by atoms with van der Waals surface area (Å²) in [7, 11) is 0. The van der Waals surface area contributed by atoms with Crippen LogP contribution in [-0.4, -0.2) is 9.78 Å². The molecule has 3 aromatic rings. The van der Waals surface area contributed by atoms with E-state index < -0.39 is 0 Å². The highest BCUT2D eigenvalue weighted by atomic mass is 79.9. The van der Waals surface area contributed by atoms with Gasteiger partial charge in [0.2, 0.25) is 0 Å². The summed E-state index contributed by atoms with van der Waals surface area (Å²) in [4.78, 5) is 0. The van der Waals surface area contributed by atoms with Crippen molar-refractivity contribution in [2.24, 2.45) is 5.73 Å². The monoisotopic (exact) mass is 341 g/mol. The maximum atomic E-state index is 6.38. The van der Waals surface area contributed by atoms with Crippen LogP contribution in [0.25, 0.3) is 5.69 Å². The third kappa shape index (κ3) is 3.23. The number of para-hydroxylation sites is 1. The molecule has 0 amide bonds. The summed E-state index contributed by atoms with van der Waals surface area (Å²) in [6, 6.07) is 20.2. The minimum absolute atomic E-state index is 0.0890. The molecule has 0 saturated heterocycles. The Morgan fingerprint density at radius 3 is 2.43 bits per heavy atom. The standard InChI is InChI=1S/C17H16BrN3/c18-14-8-6-13(7-9-14)12-16(19)17-10-11-20-21(17)15-4-2-1-3-5-15/h1-11,16H,12,19H2. The number of halogens is 1. The van der Waals surface area contributed by atoms with Gasteiger partial charge in [-0.05, 0) is 42.3 Å². The molecule has 3 rings (SSSR count). The van der Waals surface area contributed by atoms with Crippen LogP contribution in [0.2, 0.25) is 0 Å². The van der Waals surface area contributed by atoms with Crippen molar-refractivity contribution in [1.29, 1.82) is 0 Å². The molecule has 3 nitrogen and oxygen atoms in total. The van der Waals surface area contributed by atoms with Crippen LogP contribution >= 0.6 is 15.9 Å². The second-order valence-corrected chi connectivity index (χ2v) is 5.86. The molecule has 0 spiro atoms. The molecule has 106 valence electrons. The van der Waals surface area contributed by atoms with Gasteiger partial charge in [-0.2, -0.15) is 5.10 Å². The van der Waals surface area contributed by atoms with E-state index in [1.165, 1.54) is 5.56 Å². The molecular formula is C17H16BrN3. The van der Waals surface area contributed by atoms with Crippen LogP contribution in [0.5, 0.6) is 0 Å². The molecule has 2 N–H and O–H groups in total. The molecule has 2 aromatic carbocycles. The molecule has 0 radical (unpaired) electrons. The largest absolute Gasteiger partial charge is 0.322 e. The van der Waals surface area contributed by atoms with Gasteiger partial charge < -0.3 is 5.73 Å².